The highest BCUT2D eigenvalue weighted by molar-refractivity contribution is 9.09. The minimum absolute atomic E-state index is 0.579. The van der Waals surface area contributed by atoms with Crippen LogP contribution in [0.5, 0.6) is 0 Å². The SMILES string of the molecule is CCC(Br)CCNc1ccnc(N(C)C)n1. The number of rotatable bonds is 6. The molecule has 1 heterocycles. The fourth-order valence-corrected chi connectivity index (χ4v) is 1.45. The van der Waals surface area contributed by atoms with Gasteiger partial charge in [0.05, 0.1) is 0 Å². The third-order valence-electron chi connectivity index (χ3n) is 2.25. The van der Waals surface area contributed by atoms with Gasteiger partial charge in [0.1, 0.15) is 5.82 Å². The molecule has 0 radical (unpaired) electrons. The van der Waals surface area contributed by atoms with Crippen molar-refractivity contribution in [1.29, 1.82) is 0 Å². The molecule has 1 N–H and O–H groups in total. The summed E-state index contributed by atoms with van der Waals surface area (Å²) in [5.74, 6) is 1.62. The van der Waals surface area contributed by atoms with Crippen molar-refractivity contribution in [3.05, 3.63) is 12.3 Å². The summed E-state index contributed by atoms with van der Waals surface area (Å²) in [5.41, 5.74) is 0. The molecule has 90 valence electrons. The molecular weight excluding hydrogens is 268 g/mol. The summed E-state index contributed by atoms with van der Waals surface area (Å²) < 4.78 is 0. The molecule has 1 aromatic heterocycles. The highest BCUT2D eigenvalue weighted by Crippen LogP contribution is 2.11. The molecule has 0 fully saturated rings. The summed E-state index contributed by atoms with van der Waals surface area (Å²) in [6.07, 6.45) is 4.02. The van der Waals surface area contributed by atoms with Crippen LogP contribution in [0.25, 0.3) is 0 Å². The number of halogens is 1. The average Bonchev–Trinajstić information content (AvgIpc) is 2.29. The summed E-state index contributed by atoms with van der Waals surface area (Å²) in [4.78, 5) is 11.0. The third-order valence-corrected chi connectivity index (χ3v) is 3.35. The van der Waals surface area contributed by atoms with Crippen molar-refractivity contribution in [2.45, 2.75) is 24.6 Å². The molecule has 0 spiro atoms. The summed E-state index contributed by atoms with van der Waals surface area (Å²) >= 11 is 3.61. The van der Waals surface area contributed by atoms with Gasteiger partial charge in [-0.25, -0.2) is 4.98 Å². The first-order valence-corrected chi connectivity index (χ1v) is 6.43. The van der Waals surface area contributed by atoms with Gasteiger partial charge in [-0.3, -0.25) is 0 Å². The van der Waals surface area contributed by atoms with Gasteiger partial charge in [-0.05, 0) is 18.9 Å². The van der Waals surface area contributed by atoms with Gasteiger partial charge in [0, 0.05) is 31.7 Å². The molecular formula is C11H19BrN4. The molecule has 5 heteroatoms. The predicted octanol–water partition coefficient (Wildman–Crippen LogP) is 2.52. The lowest BCUT2D eigenvalue weighted by Crippen LogP contribution is -2.14. The lowest BCUT2D eigenvalue weighted by molar-refractivity contribution is 0.772. The molecule has 1 aromatic rings. The molecule has 0 aliphatic heterocycles. The smallest absolute Gasteiger partial charge is 0.226 e. The van der Waals surface area contributed by atoms with Crippen molar-refractivity contribution in [3.63, 3.8) is 0 Å². The second kappa shape index (κ2) is 6.68. The van der Waals surface area contributed by atoms with Crippen molar-refractivity contribution in [2.24, 2.45) is 0 Å². The van der Waals surface area contributed by atoms with Crippen LogP contribution in [-0.2, 0) is 0 Å². The fourth-order valence-electron chi connectivity index (χ4n) is 1.22. The van der Waals surface area contributed by atoms with Crippen LogP contribution in [0.4, 0.5) is 11.8 Å². The second-order valence-corrected chi connectivity index (χ2v) is 5.15. The molecule has 1 atom stereocenters. The molecule has 0 aliphatic carbocycles. The van der Waals surface area contributed by atoms with Crippen LogP contribution in [0.2, 0.25) is 0 Å². The van der Waals surface area contributed by atoms with Crippen LogP contribution in [0.15, 0.2) is 12.3 Å². The van der Waals surface area contributed by atoms with Gasteiger partial charge in [0.25, 0.3) is 0 Å². The zero-order valence-electron chi connectivity index (χ0n) is 10.1. The third kappa shape index (κ3) is 4.35. The average molecular weight is 287 g/mol. The van der Waals surface area contributed by atoms with Gasteiger partial charge in [-0.2, -0.15) is 4.98 Å². The first kappa shape index (κ1) is 13.2. The Hall–Kier alpha value is -0.840. The lowest BCUT2D eigenvalue weighted by atomic mass is 10.2. The molecule has 0 amide bonds. The summed E-state index contributed by atoms with van der Waals surface area (Å²) in [6, 6.07) is 1.89. The van der Waals surface area contributed by atoms with Crippen LogP contribution >= 0.6 is 15.9 Å². The number of aromatic nitrogens is 2. The van der Waals surface area contributed by atoms with Gasteiger partial charge < -0.3 is 10.2 Å². The Kier molecular flexibility index (Phi) is 5.52. The maximum atomic E-state index is 4.38. The molecule has 0 saturated heterocycles. The van der Waals surface area contributed by atoms with E-state index in [1.165, 1.54) is 0 Å². The van der Waals surface area contributed by atoms with Gasteiger partial charge in [0.15, 0.2) is 0 Å². The highest BCUT2D eigenvalue weighted by Gasteiger charge is 2.02. The summed E-state index contributed by atoms with van der Waals surface area (Å²) in [7, 11) is 3.87. The van der Waals surface area contributed by atoms with E-state index in [1.807, 2.05) is 25.1 Å². The Bertz CT molecular complexity index is 317. The maximum Gasteiger partial charge on any atom is 0.226 e. The Labute approximate surface area is 106 Å². The molecule has 4 nitrogen and oxygen atoms in total. The molecule has 1 rings (SSSR count). The zero-order chi connectivity index (χ0) is 12.0. The Balaban J connectivity index is 2.45. The molecule has 16 heavy (non-hydrogen) atoms. The molecule has 0 aromatic carbocycles. The highest BCUT2D eigenvalue weighted by atomic mass is 79.9. The quantitative estimate of drug-likeness (QED) is 0.816. The lowest BCUT2D eigenvalue weighted by Gasteiger charge is -2.12. The van der Waals surface area contributed by atoms with Crippen molar-refractivity contribution < 1.29 is 0 Å². The zero-order valence-corrected chi connectivity index (χ0v) is 11.7. The summed E-state index contributed by atoms with van der Waals surface area (Å²) in [6.45, 7) is 3.10. The van der Waals surface area contributed by atoms with Crippen LogP contribution in [0.3, 0.4) is 0 Å². The van der Waals surface area contributed by atoms with Crippen molar-refractivity contribution >= 4 is 27.7 Å². The number of hydrogen-bond acceptors (Lipinski definition) is 4. The van der Waals surface area contributed by atoms with Crippen LogP contribution in [-0.4, -0.2) is 35.4 Å². The first-order chi connectivity index (χ1) is 7.63. The van der Waals surface area contributed by atoms with E-state index < -0.39 is 0 Å². The topological polar surface area (TPSA) is 41.1 Å². The minimum Gasteiger partial charge on any atom is -0.370 e. The number of anilines is 2. The second-order valence-electron chi connectivity index (χ2n) is 3.86. The molecule has 0 aliphatic rings. The summed E-state index contributed by atoms with van der Waals surface area (Å²) in [5, 5.41) is 3.30. The monoisotopic (exact) mass is 286 g/mol. The van der Waals surface area contributed by atoms with E-state index in [0.29, 0.717) is 4.83 Å². The largest absolute Gasteiger partial charge is 0.370 e. The van der Waals surface area contributed by atoms with Crippen molar-refractivity contribution in [1.82, 2.24) is 9.97 Å². The van der Waals surface area contributed by atoms with Crippen molar-refractivity contribution in [2.75, 3.05) is 30.9 Å². The number of hydrogen-bond donors (Lipinski definition) is 1. The van der Waals surface area contributed by atoms with Crippen molar-refractivity contribution in [3.8, 4) is 0 Å². The van der Waals surface area contributed by atoms with E-state index in [9.17, 15) is 0 Å². The van der Waals surface area contributed by atoms with E-state index in [-0.39, 0.29) is 0 Å². The molecule has 0 bridgehead atoms. The van der Waals surface area contributed by atoms with Crippen LogP contribution < -0.4 is 10.2 Å². The maximum absolute atomic E-state index is 4.38. The van der Waals surface area contributed by atoms with Gasteiger partial charge in [-0.1, -0.05) is 22.9 Å². The normalized spacial score (nSPS) is 12.2. The van der Waals surface area contributed by atoms with Crippen LogP contribution in [0.1, 0.15) is 19.8 Å². The number of nitrogens with one attached hydrogen (secondary N) is 1. The van der Waals surface area contributed by atoms with E-state index in [4.69, 9.17) is 0 Å². The fraction of sp³-hybridized carbons (Fsp3) is 0.636. The molecule has 0 saturated carbocycles. The van der Waals surface area contributed by atoms with Crippen LogP contribution in [0, 0.1) is 0 Å². The van der Waals surface area contributed by atoms with E-state index in [1.54, 1.807) is 6.20 Å². The van der Waals surface area contributed by atoms with Gasteiger partial charge in [0.2, 0.25) is 5.95 Å². The predicted molar refractivity (Wildman–Crippen MR) is 72.5 cm³/mol. The number of nitrogens with zero attached hydrogens (tertiary/aromatic N) is 3. The standard InChI is InChI=1S/C11H19BrN4/c1-4-9(12)5-7-13-10-6-8-14-11(15-10)16(2)3/h6,8-9H,4-5,7H2,1-3H3,(H,13,14,15). The van der Waals surface area contributed by atoms with Gasteiger partial charge >= 0.3 is 0 Å². The van der Waals surface area contributed by atoms with E-state index in [2.05, 4.69) is 38.1 Å². The molecule has 1 unspecified atom stereocenters. The Morgan fingerprint density at radius 3 is 2.88 bits per heavy atom. The van der Waals surface area contributed by atoms with E-state index >= 15 is 0 Å². The van der Waals surface area contributed by atoms with Gasteiger partial charge in [-0.15, -0.1) is 0 Å². The Morgan fingerprint density at radius 2 is 2.25 bits per heavy atom. The van der Waals surface area contributed by atoms with E-state index in [0.717, 1.165) is 31.2 Å². The Morgan fingerprint density at radius 1 is 1.50 bits per heavy atom. The number of alkyl halides is 1. The minimum atomic E-state index is 0.579. The first-order valence-electron chi connectivity index (χ1n) is 5.51.